The fourth-order valence-electron chi connectivity index (χ4n) is 1.92. The summed E-state index contributed by atoms with van der Waals surface area (Å²) in [5.41, 5.74) is 0.480. The van der Waals surface area contributed by atoms with E-state index in [0.717, 1.165) is 12.1 Å². The van der Waals surface area contributed by atoms with E-state index in [2.05, 4.69) is 5.32 Å². The molecule has 0 fully saturated rings. The highest BCUT2D eigenvalue weighted by Crippen LogP contribution is 2.10. The molecule has 1 amide bonds. The van der Waals surface area contributed by atoms with E-state index in [1.807, 2.05) is 0 Å². The zero-order valence-corrected chi connectivity index (χ0v) is 13.1. The Morgan fingerprint density at radius 2 is 2.04 bits per heavy atom. The number of carboxylic acid groups (broad SMARTS) is 1. The molecule has 0 spiro atoms. The van der Waals surface area contributed by atoms with Crippen molar-refractivity contribution in [2.24, 2.45) is 0 Å². The van der Waals surface area contributed by atoms with Crippen LogP contribution >= 0.6 is 0 Å². The predicted molar refractivity (Wildman–Crippen MR) is 82.7 cm³/mol. The molecular weight excluding hydrogens is 306 g/mol. The molecule has 0 aromatic heterocycles. The molecule has 0 saturated carbocycles. The van der Waals surface area contributed by atoms with Crippen molar-refractivity contribution in [3.8, 4) is 0 Å². The third kappa shape index (κ3) is 6.56. The monoisotopic (exact) mass is 326 g/mol. The van der Waals surface area contributed by atoms with Gasteiger partial charge in [0.15, 0.2) is 11.6 Å². The average Bonchev–Trinajstić information content (AvgIpc) is 2.48. The van der Waals surface area contributed by atoms with Crippen LogP contribution in [0.1, 0.15) is 19.4 Å². The summed E-state index contributed by atoms with van der Waals surface area (Å²) < 4.78 is 25.9. The number of halogens is 2. The first-order valence-electron chi connectivity index (χ1n) is 7.14. The first-order chi connectivity index (χ1) is 10.8. The molecule has 5 nitrogen and oxygen atoms in total. The molecule has 1 aromatic rings. The van der Waals surface area contributed by atoms with Crippen LogP contribution in [0.15, 0.2) is 24.3 Å². The van der Waals surface area contributed by atoms with E-state index in [0.29, 0.717) is 25.2 Å². The number of rotatable bonds is 8. The molecule has 1 unspecified atom stereocenters. The number of benzene rings is 1. The maximum atomic E-state index is 13.1. The summed E-state index contributed by atoms with van der Waals surface area (Å²) >= 11 is 0. The first-order valence-corrected chi connectivity index (χ1v) is 7.14. The molecule has 0 heterocycles. The fraction of sp³-hybridized carbons (Fsp3) is 0.375. The molecular formula is C16H20F2N2O3. The van der Waals surface area contributed by atoms with Gasteiger partial charge >= 0.3 is 5.97 Å². The third-order valence-corrected chi connectivity index (χ3v) is 3.27. The number of amides is 1. The van der Waals surface area contributed by atoms with Crippen molar-refractivity contribution in [3.05, 3.63) is 41.5 Å². The maximum Gasteiger partial charge on any atom is 0.320 e. The number of carboxylic acids is 1. The van der Waals surface area contributed by atoms with Crippen molar-refractivity contribution >= 4 is 18.0 Å². The summed E-state index contributed by atoms with van der Waals surface area (Å²) in [5.74, 6) is -3.02. The number of hydrogen-bond donors (Lipinski definition) is 2. The van der Waals surface area contributed by atoms with Crippen LogP contribution in [0, 0.1) is 11.6 Å². The van der Waals surface area contributed by atoms with Crippen LogP contribution in [-0.2, 0) is 9.59 Å². The fourth-order valence-corrected chi connectivity index (χ4v) is 1.92. The number of nitrogens with zero attached hydrogens (tertiary/aromatic N) is 1. The molecule has 0 aliphatic carbocycles. The van der Waals surface area contributed by atoms with Crippen LogP contribution in [0.5, 0.6) is 0 Å². The minimum absolute atomic E-state index is 0.190. The Kier molecular flexibility index (Phi) is 7.34. The molecule has 126 valence electrons. The van der Waals surface area contributed by atoms with Gasteiger partial charge in [-0.25, -0.2) is 8.78 Å². The van der Waals surface area contributed by atoms with Crippen molar-refractivity contribution in [3.63, 3.8) is 0 Å². The Hall–Kier alpha value is -2.28. The van der Waals surface area contributed by atoms with E-state index in [4.69, 9.17) is 5.11 Å². The van der Waals surface area contributed by atoms with E-state index in [-0.39, 0.29) is 5.91 Å². The summed E-state index contributed by atoms with van der Waals surface area (Å²) in [7, 11) is 0. The lowest BCUT2D eigenvalue weighted by atomic mass is 10.2. The Labute approximate surface area is 133 Å². The van der Waals surface area contributed by atoms with Gasteiger partial charge < -0.3 is 10.4 Å². The molecule has 2 N–H and O–H groups in total. The van der Waals surface area contributed by atoms with Gasteiger partial charge in [0.2, 0.25) is 5.91 Å². The minimum Gasteiger partial charge on any atom is -0.480 e. The Balaban J connectivity index is 2.67. The van der Waals surface area contributed by atoms with Crippen molar-refractivity contribution in [1.82, 2.24) is 10.2 Å². The lowest BCUT2D eigenvalue weighted by molar-refractivity contribution is -0.142. The van der Waals surface area contributed by atoms with Crippen molar-refractivity contribution in [1.29, 1.82) is 0 Å². The number of nitrogens with one attached hydrogen (secondary N) is 1. The van der Waals surface area contributed by atoms with Crippen LogP contribution in [0.3, 0.4) is 0 Å². The number of carbonyl (C=O) groups excluding carboxylic acids is 1. The SMILES string of the molecule is CC(=O)NCCN(C/C=C/c1ccc(F)c(F)c1)C(C)C(=O)O. The number of hydrogen-bond acceptors (Lipinski definition) is 3. The van der Waals surface area contributed by atoms with Gasteiger partial charge in [-0.1, -0.05) is 18.2 Å². The number of carbonyl (C=O) groups is 2. The smallest absolute Gasteiger partial charge is 0.320 e. The molecule has 1 atom stereocenters. The Morgan fingerprint density at radius 1 is 1.35 bits per heavy atom. The van der Waals surface area contributed by atoms with E-state index in [1.54, 1.807) is 24.0 Å². The van der Waals surface area contributed by atoms with Gasteiger partial charge in [-0.05, 0) is 24.6 Å². The van der Waals surface area contributed by atoms with Crippen molar-refractivity contribution in [2.45, 2.75) is 19.9 Å². The van der Waals surface area contributed by atoms with Crippen LogP contribution in [0.25, 0.3) is 6.08 Å². The van der Waals surface area contributed by atoms with E-state index in [1.165, 1.54) is 13.0 Å². The average molecular weight is 326 g/mol. The second-order valence-corrected chi connectivity index (χ2v) is 5.07. The molecule has 0 aliphatic rings. The Morgan fingerprint density at radius 3 is 2.61 bits per heavy atom. The summed E-state index contributed by atoms with van der Waals surface area (Å²) in [5, 5.41) is 11.7. The maximum absolute atomic E-state index is 13.1. The zero-order valence-electron chi connectivity index (χ0n) is 13.1. The molecule has 1 aromatic carbocycles. The van der Waals surface area contributed by atoms with Gasteiger partial charge in [0, 0.05) is 26.6 Å². The van der Waals surface area contributed by atoms with Crippen molar-refractivity contribution < 1.29 is 23.5 Å². The quantitative estimate of drug-likeness (QED) is 0.765. The lowest BCUT2D eigenvalue weighted by Gasteiger charge is -2.24. The highest BCUT2D eigenvalue weighted by Gasteiger charge is 2.19. The summed E-state index contributed by atoms with van der Waals surface area (Å²) in [6, 6.07) is 2.78. The van der Waals surface area contributed by atoms with E-state index >= 15 is 0 Å². The highest BCUT2D eigenvalue weighted by molar-refractivity contribution is 5.73. The summed E-state index contributed by atoms with van der Waals surface area (Å²) in [6.07, 6.45) is 3.25. The second-order valence-electron chi connectivity index (χ2n) is 5.07. The predicted octanol–water partition coefficient (Wildman–Crippen LogP) is 1.89. The summed E-state index contributed by atoms with van der Waals surface area (Å²) in [6.45, 7) is 3.91. The molecule has 0 bridgehead atoms. The van der Waals surface area contributed by atoms with Gasteiger partial charge in [0.25, 0.3) is 0 Å². The standard InChI is InChI=1S/C16H20F2N2O3/c1-11(16(22)23)20(9-7-19-12(2)21)8-3-4-13-5-6-14(17)15(18)10-13/h3-6,10-11H,7-9H2,1-2H3,(H,19,21)(H,22,23)/b4-3+. The highest BCUT2D eigenvalue weighted by atomic mass is 19.2. The van der Waals surface area contributed by atoms with E-state index < -0.39 is 23.6 Å². The first kappa shape index (κ1) is 18.8. The summed E-state index contributed by atoms with van der Waals surface area (Å²) in [4.78, 5) is 23.6. The van der Waals surface area contributed by atoms with Crippen LogP contribution < -0.4 is 5.32 Å². The molecule has 0 saturated heterocycles. The normalized spacial score (nSPS) is 12.6. The van der Waals surface area contributed by atoms with Gasteiger partial charge in [0.1, 0.15) is 6.04 Å². The molecule has 1 rings (SSSR count). The van der Waals surface area contributed by atoms with Crippen molar-refractivity contribution in [2.75, 3.05) is 19.6 Å². The minimum atomic E-state index is -0.978. The van der Waals surface area contributed by atoms with Crippen LogP contribution in [0.4, 0.5) is 8.78 Å². The number of aliphatic carboxylic acids is 1. The molecule has 7 heteroatoms. The molecule has 0 radical (unpaired) electrons. The van der Waals surface area contributed by atoms with Crippen LogP contribution in [-0.4, -0.2) is 47.6 Å². The topological polar surface area (TPSA) is 69.6 Å². The largest absolute Gasteiger partial charge is 0.480 e. The Bertz CT molecular complexity index is 591. The van der Waals surface area contributed by atoms with Gasteiger partial charge in [-0.3, -0.25) is 14.5 Å². The van der Waals surface area contributed by atoms with Crippen LogP contribution in [0.2, 0.25) is 0 Å². The van der Waals surface area contributed by atoms with Gasteiger partial charge in [-0.2, -0.15) is 0 Å². The van der Waals surface area contributed by atoms with Gasteiger partial charge in [0.05, 0.1) is 0 Å². The molecule has 0 aliphatic heterocycles. The van der Waals surface area contributed by atoms with E-state index in [9.17, 15) is 18.4 Å². The van der Waals surface area contributed by atoms with Gasteiger partial charge in [-0.15, -0.1) is 0 Å². The molecule has 23 heavy (non-hydrogen) atoms. The third-order valence-electron chi connectivity index (χ3n) is 3.27. The second kappa shape index (κ2) is 8.99. The lowest BCUT2D eigenvalue weighted by Crippen LogP contribution is -2.43. The zero-order chi connectivity index (χ0) is 17.4.